The smallest absolute Gasteiger partial charge is 0.244 e. The highest BCUT2D eigenvalue weighted by molar-refractivity contribution is 5.92. The lowest BCUT2D eigenvalue weighted by atomic mass is 10.1. The SMILES string of the molecule is C[C@H](NC(=O)C=Cc1ccccc1F)c1cccc(Oc2ccncc2)c1. The van der Waals surface area contributed by atoms with E-state index in [9.17, 15) is 9.18 Å². The van der Waals surface area contributed by atoms with Gasteiger partial charge in [0.2, 0.25) is 5.91 Å². The van der Waals surface area contributed by atoms with Gasteiger partial charge in [0.05, 0.1) is 6.04 Å². The Labute approximate surface area is 157 Å². The van der Waals surface area contributed by atoms with Gasteiger partial charge in [0.1, 0.15) is 17.3 Å². The molecular weight excluding hydrogens is 343 g/mol. The number of hydrogen-bond donors (Lipinski definition) is 1. The van der Waals surface area contributed by atoms with Crippen LogP contribution in [0.1, 0.15) is 24.1 Å². The molecular formula is C22H19FN2O2. The first kappa shape index (κ1) is 18.3. The van der Waals surface area contributed by atoms with E-state index in [1.54, 1.807) is 42.7 Å². The molecule has 3 aromatic rings. The number of nitrogens with one attached hydrogen (secondary N) is 1. The lowest BCUT2D eigenvalue weighted by Gasteiger charge is -2.14. The van der Waals surface area contributed by atoms with Crippen LogP contribution < -0.4 is 10.1 Å². The average molecular weight is 362 g/mol. The zero-order valence-corrected chi connectivity index (χ0v) is 14.8. The van der Waals surface area contributed by atoms with Crippen LogP contribution in [0.4, 0.5) is 4.39 Å². The standard InChI is InChI=1S/C22H19FN2O2/c1-16(25-22(26)10-9-17-5-2-3-8-21(17)23)18-6-4-7-20(15-18)27-19-11-13-24-14-12-19/h2-16H,1H3,(H,25,26)/t16-/m0/s1. The molecule has 1 heterocycles. The number of carbonyl (C=O) groups is 1. The fourth-order valence-electron chi connectivity index (χ4n) is 2.51. The normalized spacial score (nSPS) is 11.9. The van der Waals surface area contributed by atoms with Crippen LogP contribution in [0, 0.1) is 5.82 Å². The first-order valence-corrected chi connectivity index (χ1v) is 8.53. The Morgan fingerprint density at radius 1 is 1.07 bits per heavy atom. The predicted molar refractivity (Wildman–Crippen MR) is 103 cm³/mol. The number of halogens is 1. The van der Waals surface area contributed by atoms with Gasteiger partial charge < -0.3 is 10.1 Å². The molecule has 1 amide bonds. The fourth-order valence-corrected chi connectivity index (χ4v) is 2.51. The summed E-state index contributed by atoms with van der Waals surface area (Å²) >= 11 is 0. The molecule has 4 nitrogen and oxygen atoms in total. The van der Waals surface area contributed by atoms with E-state index < -0.39 is 0 Å². The van der Waals surface area contributed by atoms with Crippen molar-refractivity contribution in [1.82, 2.24) is 10.3 Å². The van der Waals surface area contributed by atoms with Gasteiger partial charge in [-0.2, -0.15) is 0 Å². The molecule has 0 fully saturated rings. The first-order valence-electron chi connectivity index (χ1n) is 8.53. The lowest BCUT2D eigenvalue weighted by molar-refractivity contribution is -0.117. The van der Waals surface area contributed by atoms with Gasteiger partial charge in [-0.15, -0.1) is 0 Å². The number of aromatic nitrogens is 1. The van der Waals surface area contributed by atoms with Gasteiger partial charge in [-0.25, -0.2) is 4.39 Å². The van der Waals surface area contributed by atoms with E-state index in [0.717, 1.165) is 5.56 Å². The summed E-state index contributed by atoms with van der Waals surface area (Å²) in [5, 5.41) is 2.86. The molecule has 0 radical (unpaired) electrons. The third-order valence-corrected chi connectivity index (χ3v) is 3.92. The Balaban J connectivity index is 1.63. The van der Waals surface area contributed by atoms with Gasteiger partial charge in [-0.1, -0.05) is 30.3 Å². The number of amides is 1. The van der Waals surface area contributed by atoms with Crippen LogP contribution in [0.15, 0.2) is 79.1 Å². The number of benzene rings is 2. The molecule has 0 unspecified atom stereocenters. The van der Waals surface area contributed by atoms with Crippen molar-refractivity contribution < 1.29 is 13.9 Å². The van der Waals surface area contributed by atoms with Gasteiger partial charge in [0, 0.05) is 24.0 Å². The molecule has 136 valence electrons. The highest BCUT2D eigenvalue weighted by Crippen LogP contribution is 2.24. The average Bonchev–Trinajstić information content (AvgIpc) is 2.68. The maximum Gasteiger partial charge on any atom is 0.244 e. The van der Waals surface area contributed by atoms with Crippen molar-refractivity contribution in [2.24, 2.45) is 0 Å². The quantitative estimate of drug-likeness (QED) is 0.634. The van der Waals surface area contributed by atoms with Crippen molar-refractivity contribution in [3.63, 3.8) is 0 Å². The van der Waals surface area contributed by atoms with Crippen LogP contribution in [-0.2, 0) is 4.79 Å². The van der Waals surface area contributed by atoms with Crippen molar-refractivity contribution in [3.8, 4) is 11.5 Å². The van der Waals surface area contributed by atoms with Crippen LogP contribution in [0.5, 0.6) is 11.5 Å². The highest BCUT2D eigenvalue weighted by atomic mass is 19.1. The number of nitrogens with zero attached hydrogens (tertiary/aromatic N) is 1. The molecule has 0 saturated heterocycles. The summed E-state index contributed by atoms with van der Waals surface area (Å²) in [6.45, 7) is 1.88. The third-order valence-electron chi connectivity index (χ3n) is 3.92. The van der Waals surface area contributed by atoms with Crippen molar-refractivity contribution >= 4 is 12.0 Å². The molecule has 0 saturated carbocycles. The number of hydrogen-bond acceptors (Lipinski definition) is 3. The van der Waals surface area contributed by atoms with Crippen LogP contribution in [0.25, 0.3) is 6.08 Å². The minimum absolute atomic E-state index is 0.233. The van der Waals surface area contributed by atoms with Gasteiger partial charge in [-0.05, 0) is 48.9 Å². The summed E-state index contributed by atoms with van der Waals surface area (Å²) in [6.07, 6.45) is 6.10. The lowest BCUT2D eigenvalue weighted by Crippen LogP contribution is -2.24. The molecule has 2 aromatic carbocycles. The van der Waals surface area contributed by atoms with Crippen LogP contribution in [0.3, 0.4) is 0 Å². The Morgan fingerprint density at radius 3 is 2.63 bits per heavy atom. The summed E-state index contributed by atoms with van der Waals surface area (Å²) in [7, 11) is 0. The summed E-state index contributed by atoms with van der Waals surface area (Å²) < 4.78 is 19.4. The van der Waals surface area contributed by atoms with E-state index in [1.165, 1.54) is 18.2 Å². The first-order chi connectivity index (χ1) is 13.1. The van der Waals surface area contributed by atoms with Crippen LogP contribution in [0.2, 0.25) is 0 Å². The largest absolute Gasteiger partial charge is 0.457 e. The summed E-state index contributed by atoms with van der Waals surface area (Å²) in [4.78, 5) is 16.1. The maximum absolute atomic E-state index is 13.6. The zero-order valence-electron chi connectivity index (χ0n) is 14.8. The Morgan fingerprint density at radius 2 is 1.85 bits per heavy atom. The second-order valence-electron chi connectivity index (χ2n) is 5.94. The summed E-state index contributed by atoms with van der Waals surface area (Å²) in [5.41, 5.74) is 1.27. The fraction of sp³-hybridized carbons (Fsp3) is 0.0909. The monoisotopic (exact) mass is 362 g/mol. The van der Waals surface area contributed by atoms with Gasteiger partial charge >= 0.3 is 0 Å². The van der Waals surface area contributed by atoms with Gasteiger partial charge in [-0.3, -0.25) is 9.78 Å². The molecule has 1 aromatic heterocycles. The van der Waals surface area contributed by atoms with Gasteiger partial charge in [0.25, 0.3) is 0 Å². The molecule has 1 N–H and O–H groups in total. The van der Waals surface area contributed by atoms with Crippen LogP contribution in [-0.4, -0.2) is 10.9 Å². The molecule has 0 aliphatic rings. The Kier molecular flexibility index (Phi) is 5.94. The van der Waals surface area contributed by atoms with E-state index in [1.807, 2.05) is 31.2 Å². The van der Waals surface area contributed by atoms with E-state index >= 15 is 0 Å². The molecule has 0 aliphatic carbocycles. The molecule has 27 heavy (non-hydrogen) atoms. The Bertz CT molecular complexity index is 942. The van der Waals surface area contributed by atoms with Crippen molar-refractivity contribution in [3.05, 3.63) is 96.1 Å². The minimum Gasteiger partial charge on any atom is -0.457 e. The van der Waals surface area contributed by atoms with Crippen molar-refractivity contribution in [1.29, 1.82) is 0 Å². The predicted octanol–water partition coefficient (Wildman–Crippen LogP) is 4.90. The minimum atomic E-state index is -0.365. The number of pyridine rings is 1. The van der Waals surface area contributed by atoms with E-state index in [-0.39, 0.29) is 17.8 Å². The van der Waals surface area contributed by atoms with E-state index in [2.05, 4.69) is 10.3 Å². The zero-order chi connectivity index (χ0) is 19.1. The topological polar surface area (TPSA) is 51.2 Å². The molecule has 1 atom stereocenters. The van der Waals surface area contributed by atoms with Crippen molar-refractivity contribution in [2.75, 3.05) is 0 Å². The van der Waals surface area contributed by atoms with E-state index in [0.29, 0.717) is 17.1 Å². The van der Waals surface area contributed by atoms with Crippen molar-refractivity contribution in [2.45, 2.75) is 13.0 Å². The van der Waals surface area contributed by atoms with E-state index in [4.69, 9.17) is 4.74 Å². The third kappa shape index (κ3) is 5.25. The summed E-state index contributed by atoms with van der Waals surface area (Å²) in [5.74, 6) is 0.690. The molecule has 5 heteroatoms. The number of ether oxygens (including phenoxy) is 1. The highest BCUT2D eigenvalue weighted by Gasteiger charge is 2.09. The molecule has 0 aliphatic heterocycles. The molecule has 0 spiro atoms. The van der Waals surface area contributed by atoms with Gasteiger partial charge in [0.15, 0.2) is 0 Å². The second kappa shape index (κ2) is 8.76. The molecule has 0 bridgehead atoms. The number of carbonyl (C=O) groups excluding carboxylic acids is 1. The second-order valence-corrected chi connectivity index (χ2v) is 5.94. The summed E-state index contributed by atoms with van der Waals surface area (Å²) in [6, 6.07) is 17.1. The maximum atomic E-state index is 13.6. The number of rotatable bonds is 6. The Hall–Kier alpha value is -3.47. The molecule has 3 rings (SSSR count). The van der Waals surface area contributed by atoms with Crippen LogP contribution >= 0.6 is 0 Å².